The second-order valence-electron chi connectivity index (χ2n) is 3.61. The van der Waals surface area contributed by atoms with Gasteiger partial charge in [0.1, 0.15) is 6.61 Å². The molecule has 0 aliphatic carbocycles. The first-order valence-electron chi connectivity index (χ1n) is 4.96. The van der Waals surface area contributed by atoms with E-state index >= 15 is 0 Å². The van der Waals surface area contributed by atoms with Crippen molar-refractivity contribution in [2.75, 3.05) is 0 Å². The minimum Gasteiger partial charge on any atom is -0.460 e. The molecule has 0 unspecified atom stereocenters. The molecular formula is C11H8F6O2. The number of halogens is 6. The maximum absolute atomic E-state index is 12.2. The smallest absolute Gasteiger partial charge is 0.411 e. The molecule has 0 amide bonds. The molecule has 0 aromatic heterocycles. The molecule has 19 heavy (non-hydrogen) atoms. The average Bonchev–Trinajstić information content (AvgIpc) is 2.24. The first-order chi connectivity index (χ1) is 8.62. The molecule has 0 N–H and O–H groups in total. The summed E-state index contributed by atoms with van der Waals surface area (Å²) in [5.74, 6) is -6.48. The van der Waals surface area contributed by atoms with Crippen LogP contribution in [0.3, 0.4) is 0 Å². The topological polar surface area (TPSA) is 26.3 Å². The number of benzene rings is 1. The molecule has 8 heteroatoms. The van der Waals surface area contributed by atoms with Gasteiger partial charge in [-0.25, -0.2) is 0 Å². The molecule has 0 atom stereocenters. The highest BCUT2D eigenvalue weighted by atomic mass is 19.4. The Balaban J connectivity index is 2.74. The standard InChI is InChI=1S/C11H8F6O2/c12-10(13,14)8(11(15,16)17)9(18)19-6-7-4-2-1-3-5-7/h1-5,8H,6H2. The number of alkyl halides is 6. The summed E-state index contributed by atoms with van der Waals surface area (Å²) >= 11 is 0. The highest BCUT2D eigenvalue weighted by Crippen LogP contribution is 2.40. The van der Waals surface area contributed by atoms with Crippen molar-refractivity contribution in [2.45, 2.75) is 19.0 Å². The third-order valence-electron chi connectivity index (χ3n) is 2.11. The van der Waals surface area contributed by atoms with E-state index in [2.05, 4.69) is 4.74 Å². The van der Waals surface area contributed by atoms with Crippen molar-refractivity contribution in [3.63, 3.8) is 0 Å². The molecule has 0 saturated carbocycles. The Morgan fingerprint density at radius 2 is 1.47 bits per heavy atom. The molecule has 1 rings (SSSR count). The lowest BCUT2D eigenvalue weighted by atomic mass is 10.1. The summed E-state index contributed by atoms with van der Waals surface area (Å²) in [4.78, 5) is 10.9. The van der Waals surface area contributed by atoms with Crippen LogP contribution in [0.25, 0.3) is 0 Å². The van der Waals surface area contributed by atoms with Crippen LogP contribution in [0.5, 0.6) is 0 Å². The zero-order chi connectivity index (χ0) is 14.7. The lowest BCUT2D eigenvalue weighted by Crippen LogP contribution is -2.43. The van der Waals surface area contributed by atoms with Crippen molar-refractivity contribution in [3.8, 4) is 0 Å². The summed E-state index contributed by atoms with van der Waals surface area (Å²) < 4.78 is 77.1. The zero-order valence-corrected chi connectivity index (χ0v) is 9.26. The fourth-order valence-electron chi connectivity index (χ4n) is 1.26. The van der Waals surface area contributed by atoms with Crippen LogP contribution in [0.15, 0.2) is 30.3 Å². The normalized spacial score (nSPS) is 12.6. The van der Waals surface area contributed by atoms with Crippen molar-refractivity contribution in [1.29, 1.82) is 0 Å². The fourth-order valence-corrected chi connectivity index (χ4v) is 1.26. The molecule has 0 heterocycles. The van der Waals surface area contributed by atoms with Gasteiger partial charge in [0, 0.05) is 0 Å². The summed E-state index contributed by atoms with van der Waals surface area (Å²) in [7, 11) is 0. The van der Waals surface area contributed by atoms with Crippen molar-refractivity contribution < 1.29 is 35.9 Å². The number of esters is 1. The van der Waals surface area contributed by atoms with Crippen molar-refractivity contribution >= 4 is 5.97 Å². The average molecular weight is 286 g/mol. The Morgan fingerprint density at radius 1 is 1.00 bits per heavy atom. The number of carbonyl (C=O) groups is 1. The summed E-state index contributed by atoms with van der Waals surface area (Å²) in [6.45, 7) is -0.650. The maximum atomic E-state index is 12.2. The predicted molar refractivity (Wildman–Crippen MR) is 51.8 cm³/mol. The molecule has 2 nitrogen and oxygen atoms in total. The van der Waals surface area contributed by atoms with Crippen LogP contribution in [0.2, 0.25) is 0 Å². The van der Waals surface area contributed by atoms with Gasteiger partial charge in [-0.15, -0.1) is 0 Å². The quantitative estimate of drug-likeness (QED) is 0.628. The largest absolute Gasteiger partial charge is 0.460 e. The van der Waals surface area contributed by atoms with Crippen LogP contribution < -0.4 is 0 Å². The minimum atomic E-state index is -5.73. The highest BCUT2D eigenvalue weighted by Gasteiger charge is 2.62. The first-order valence-corrected chi connectivity index (χ1v) is 4.96. The van der Waals surface area contributed by atoms with E-state index in [0.717, 1.165) is 0 Å². The third kappa shape index (κ3) is 4.46. The van der Waals surface area contributed by atoms with Crippen LogP contribution in [0, 0.1) is 5.92 Å². The Labute approximate surface area is 104 Å². The van der Waals surface area contributed by atoms with Gasteiger partial charge in [-0.2, -0.15) is 26.3 Å². The van der Waals surface area contributed by atoms with Gasteiger partial charge < -0.3 is 4.74 Å². The first kappa shape index (κ1) is 15.3. The number of hydrogen-bond donors (Lipinski definition) is 0. The van der Waals surface area contributed by atoms with Crippen LogP contribution in [0.1, 0.15) is 5.56 Å². The SMILES string of the molecule is O=C(OCc1ccccc1)C(C(F)(F)F)C(F)(F)F. The van der Waals surface area contributed by atoms with E-state index in [9.17, 15) is 31.1 Å². The predicted octanol–water partition coefficient (Wildman–Crippen LogP) is 3.47. The van der Waals surface area contributed by atoms with Gasteiger partial charge >= 0.3 is 18.3 Å². The molecule has 0 aliphatic rings. The van der Waals surface area contributed by atoms with Crippen molar-refractivity contribution in [3.05, 3.63) is 35.9 Å². The lowest BCUT2D eigenvalue weighted by Gasteiger charge is -2.21. The van der Waals surface area contributed by atoms with Crippen molar-refractivity contribution in [2.24, 2.45) is 5.92 Å². The fraction of sp³-hybridized carbons (Fsp3) is 0.364. The summed E-state index contributed by atoms with van der Waals surface area (Å²) in [6.07, 6.45) is -11.5. The van der Waals surface area contributed by atoms with Gasteiger partial charge in [0.25, 0.3) is 0 Å². The number of rotatable bonds is 3. The molecule has 0 saturated heterocycles. The van der Waals surface area contributed by atoms with Crippen molar-refractivity contribution in [1.82, 2.24) is 0 Å². The highest BCUT2D eigenvalue weighted by molar-refractivity contribution is 5.74. The Kier molecular flexibility index (Phi) is 4.43. The Morgan fingerprint density at radius 3 is 1.89 bits per heavy atom. The van der Waals surface area contributed by atoms with E-state index in [4.69, 9.17) is 0 Å². The zero-order valence-electron chi connectivity index (χ0n) is 9.26. The van der Waals surface area contributed by atoms with E-state index < -0.39 is 30.8 Å². The maximum Gasteiger partial charge on any atom is 0.411 e. The summed E-state index contributed by atoms with van der Waals surface area (Å²) in [6, 6.07) is 7.43. The van der Waals surface area contributed by atoms with E-state index in [1.165, 1.54) is 24.3 Å². The Hall–Kier alpha value is -1.73. The molecule has 0 fully saturated rings. The summed E-state index contributed by atoms with van der Waals surface area (Å²) in [5.41, 5.74) is 0.291. The molecule has 0 spiro atoms. The number of carbonyl (C=O) groups excluding carboxylic acids is 1. The monoisotopic (exact) mass is 286 g/mol. The van der Waals surface area contributed by atoms with E-state index in [1.54, 1.807) is 6.07 Å². The van der Waals surface area contributed by atoms with Gasteiger partial charge in [-0.1, -0.05) is 30.3 Å². The number of ether oxygens (including phenoxy) is 1. The van der Waals surface area contributed by atoms with Crippen LogP contribution in [-0.4, -0.2) is 18.3 Å². The molecule has 0 radical (unpaired) electrons. The van der Waals surface area contributed by atoms with Gasteiger partial charge in [0.05, 0.1) is 0 Å². The minimum absolute atomic E-state index is 0.291. The molecule has 0 bridgehead atoms. The van der Waals surface area contributed by atoms with E-state index in [-0.39, 0.29) is 0 Å². The van der Waals surface area contributed by atoms with Crippen LogP contribution >= 0.6 is 0 Å². The summed E-state index contributed by atoms with van der Waals surface area (Å²) in [5, 5.41) is 0. The van der Waals surface area contributed by atoms with Gasteiger partial charge in [-0.3, -0.25) is 4.79 Å². The van der Waals surface area contributed by atoms with Crippen LogP contribution in [-0.2, 0) is 16.1 Å². The Bertz CT molecular complexity index is 409. The molecular weight excluding hydrogens is 278 g/mol. The second kappa shape index (κ2) is 5.50. The van der Waals surface area contributed by atoms with Crippen LogP contribution in [0.4, 0.5) is 26.3 Å². The third-order valence-corrected chi connectivity index (χ3v) is 2.11. The van der Waals surface area contributed by atoms with Gasteiger partial charge in [0.15, 0.2) is 0 Å². The number of hydrogen-bond acceptors (Lipinski definition) is 2. The molecule has 106 valence electrons. The molecule has 1 aromatic rings. The lowest BCUT2D eigenvalue weighted by molar-refractivity contribution is -0.282. The molecule has 0 aliphatic heterocycles. The van der Waals surface area contributed by atoms with E-state index in [0.29, 0.717) is 5.56 Å². The molecule has 1 aromatic carbocycles. The van der Waals surface area contributed by atoms with E-state index in [1.807, 2.05) is 0 Å². The van der Waals surface area contributed by atoms with Gasteiger partial charge in [-0.05, 0) is 5.56 Å². The van der Waals surface area contributed by atoms with Gasteiger partial charge in [0.2, 0.25) is 5.92 Å². The second-order valence-corrected chi connectivity index (χ2v) is 3.61.